The van der Waals surface area contributed by atoms with Crippen molar-refractivity contribution in [3.63, 3.8) is 0 Å². The summed E-state index contributed by atoms with van der Waals surface area (Å²) in [6.45, 7) is 1.77. The van der Waals surface area contributed by atoms with Gasteiger partial charge < -0.3 is 9.64 Å². The average molecular weight is 354 g/mol. The van der Waals surface area contributed by atoms with Gasteiger partial charge in [-0.15, -0.1) is 0 Å². The largest absolute Gasteiger partial charge is 0.385 e. The molecule has 0 unspecified atom stereocenters. The van der Waals surface area contributed by atoms with Crippen molar-refractivity contribution in [1.29, 1.82) is 0 Å². The van der Waals surface area contributed by atoms with E-state index in [4.69, 9.17) is 4.74 Å². The summed E-state index contributed by atoms with van der Waals surface area (Å²) in [4.78, 5) is 14.4. The van der Waals surface area contributed by atoms with Gasteiger partial charge >= 0.3 is 0 Å². The fourth-order valence-electron chi connectivity index (χ4n) is 2.98. The number of aryl methyl sites for hydroxylation is 1. The van der Waals surface area contributed by atoms with E-state index in [1.807, 2.05) is 24.3 Å². The van der Waals surface area contributed by atoms with Gasteiger partial charge in [0, 0.05) is 45.5 Å². The van der Waals surface area contributed by atoms with E-state index in [1.165, 1.54) is 16.1 Å². The zero-order chi connectivity index (χ0) is 17.6. The molecule has 7 heteroatoms. The molecule has 2 rings (SSSR count). The second-order valence-corrected chi connectivity index (χ2v) is 8.02. The van der Waals surface area contributed by atoms with E-state index in [0.717, 1.165) is 18.5 Å². The van der Waals surface area contributed by atoms with Crippen molar-refractivity contribution in [3.05, 3.63) is 29.8 Å². The first-order valence-electron chi connectivity index (χ1n) is 8.26. The van der Waals surface area contributed by atoms with Crippen LogP contribution in [0.25, 0.3) is 0 Å². The summed E-state index contributed by atoms with van der Waals surface area (Å²) in [6, 6.07) is 7.91. The van der Waals surface area contributed by atoms with Crippen molar-refractivity contribution >= 4 is 21.6 Å². The lowest BCUT2D eigenvalue weighted by molar-refractivity contribution is -0.118. The van der Waals surface area contributed by atoms with Gasteiger partial charge in [0.05, 0.1) is 6.26 Å². The number of carbonyl (C=O) groups excluding carboxylic acids is 1. The molecule has 1 amide bonds. The first-order chi connectivity index (χ1) is 11.4. The van der Waals surface area contributed by atoms with E-state index >= 15 is 0 Å². The Labute approximate surface area is 144 Å². The van der Waals surface area contributed by atoms with Gasteiger partial charge in [-0.1, -0.05) is 18.2 Å². The first-order valence-corrected chi connectivity index (χ1v) is 10.1. The third-order valence-corrected chi connectivity index (χ3v) is 5.51. The summed E-state index contributed by atoms with van der Waals surface area (Å²) in [6.07, 6.45) is 3.90. The van der Waals surface area contributed by atoms with Gasteiger partial charge in [-0.2, -0.15) is 0 Å². The number of para-hydroxylation sites is 1. The number of sulfonamides is 1. The van der Waals surface area contributed by atoms with Crippen LogP contribution in [0.2, 0.25) is 0 Å². The SMILES string of the molecule is COCCCN(CCC(=O)N1CCCc2ccccc21)S(C)(=O)=O. The fourth-order valence-corrected chi connectivity index (χ4v) is 3.86. The molecule has 6 nitrogen and oxygen atoms in total. The second kappa shape index (κ2) is 8.60. The first kappa shape index (κ1) is 18.9. The summed E-state index contributed by atoms with van der Waals surface area (Å²) in [7, 11) is -1.74. The topological polar surface area (TPSA) is 66.9 Å². The molecular formula is C17H26N2O4S. The Bertz CT molecular complexity index is 660. The van der Waals surface area contributed by atoms with Gasteiger partial charge in [0.15, 0.2) is 0 Å². The number of hydrogen-bond donors (Lipinski definition) is 0. The van der Waals surface area contributed by atoms with Crippen LogP contribution in [0, 0.1) is 0 Å². The van der Waals surface area contributed by atoms with Crippen molar-refractivity contribution in [1.82, 2.24) is 4.31 Å². The lowest BCUT2D eigenvalue weighted by Crippen LogP contribution is -2.39. The van der Waals surface area contributed by atoms with Crippen LogP contribution in [0.15, 0.2) is 24.3 Å². The van der Waals surface area contributed by atoms with E-state index < -0.39 is 10.0 Å². The zero-order valence-electron chi connectivity index (χ0n) is 14.4. The molecule has 0 radical (unpaired) electrons. The third-order valence-electron chi connectivity index (χ3n) is 4.21. The number of carbonyl (C=O) groups is 1. The summed E-state index contributed by atoms with van der Waals surface area (Å²) in [5, 5.41) is 0. The van der Waals surface area contributed by atoms with Crippen LogP contribution >= 0.6 is 0 Å². The number of fused-ring (bicyclic) bond motifs is 1. The van der Waals surface area contributed by atoms with Gasteiger partial charge in [0.25, 0.3) is 0 Å². The molecule has 0 saturated heterocycles. The predicted molar refractivity (Wildman–Crippen MR) is 94.6 cm³/mol. The molecule has 0 saturated carbocycles. The summed E-state index contributed by atoms with van der Waals surface area (Å²) >= 11 is 0. The quantitative estimate of drug-likeness (QED) is 0.666. The van der Waals surface area contributed by atoms with Gasteiger partial charge in [0.1, 0.15) is 0 Å². The maximum absolute atomic E-state index is 12.6. The number of amides is 1. The maximum atomic E-state index is 12.6. The highest BCUT2D eigenvalue weighted by Crippen LogP contribution is 2.27. The standard InChI is InChI=1S/C17H26N2O4S/c1-23-14-6-11-18(24(2,21)22)13-10-17(20)19-12-5-8-15-7-3-4-9-16(15)19/h3-4,7,9H,5-6,8,10-14H2,1-2H3. The summed E-state index contributed by atoms with van der Waals surface area (Å²) in [5.74, 6) is -0.0254. The van der Waals surface area contributed by atoms with E-state index in [2.05, 4.69) is 0 Å². The molecule has 1 aromatic rings. The number of anilines is 1. The molecule has 0 fully saturated rings. The molecule has 0 aromatic heterocycles. The minimum atomic E-state index is -3.33. The van der Waals surface area contributed by atoms with Crippen LogP contribution < -0.4 is 4.90 Å². The number of hydrogen-bond acceptors (Lipinski definition) is 4. The Morgan fingerprint density at radius 1 is 1.29 bits per heavy atom. The summed E-state index contributed by atoms with van der Waals surface area (Å²) in [5.41, 5.74) is 2.14. The van der Waals surface area contributed by atoms with Crippen LogP contribution in [0.3, 0.4) is 0 Å². The number of rotatable bonds is 8. The smallest absolute Gasteiger partial charge is 0.228 e. The molecule has 1 heterocycles. The Morgan fingerprint density at radius 2 is 2.04 bits per heavy atom. The lowest BCUT2D eigenvalue weighted by atomic mass is 10.0. The van der Waals surface area contributed by atoms with E-state index in [0.29, 0.717) is 26.1 Å². The third kappa shape index (κ3) is 5.03. The van der Waals surface area contributed by atoms with Crippen LogP contribution in [-0.4, -0.2) is 58.2 Å². The molecule has 1 aromatic carbocycles. The molecule has 0 spiro atoms. The van der Waals surface area contributed by atoms with Gasteiger partial charge in [-0.3, -0.25) is 4.79 Å². The minimum Gasteiger partial charge on any atom is -0.385 e. The van der Waals surface area contributed by atoms with Crippen LogP contribution in [0.5, 0.6) is 0 Å². The minimum absolute atomic E-state index is 0.0254. The molecular weight excluding hydrogens is 328 g/mol. The maximum Gasteiger partial charge on any atom is 0.228 e. The van der Waals surface area contributed by atoms with Crippen LogP contribution in [-0.2, 0) is 26.0 Å². The zero-order valence-corrected chi connectivity index (χ0v) is 15.2. The highest BCUT2D eigenvalue weighted by atomic mass is 32.2. The van der Waals surface area contributed by atoms with Gasteiger partial charge in [-0.25, -0.2) is 12.7 Å². The molecule has 0 aliphatic carbocycles. The molecule has 0 N–H and O–H groups in total. The average Bonchev–Trinajstić information content (AvgIpc) is 2.56. The van der Waals surface area contributed by atoms with E-state index in [-0.39, 0.29) is 18.9 Å². The normalized spacial score (nSPS) is 14.7. The molecule has 1 aliphatic heterocycles. The number of methoxy groups -OCH3 is 1. The van der Waals surface area contributed by atoms with Crippen molar-refractivity contribution in [2.24, 2.45) is 0 Å². The van der Waals surface area contributed by atoms with Crippen molar-refractivity contribution in [2.45, 2.75) is 25.7 Å². The molecule has 1 aliphatic rings. The molecule has 24 heavy (non-hydrogen) atoms. The Morgan fingerprint density at radius 3 is 2.75 bits per heavy atom. The number of benzene rings is 1. The van der Waals surface area contributed by atoms with Crippen molar-refractivity contribution in [3.8, 4) is 0 Å². The highest BCUT2D eigenvalue weighted by molar-refractivity contribution is 7.88. The second-order valence-electron chi connectivity index (χ2n) is 6.04. The Hall–Kier alpha value is -1.44. The monoisotopic (exact) mass is 354 g/mol. The van der Waals surface area contributed by atoms with Crippen LogP contribution in [0.4, 0.5) is 5.69 Å². The van der Waals surface area contributed by atoms with Gasteiger partial charge in [-0.05, 0) is 30.9 Å². The predicted octanol–water partition coefficient (Wildman–Crippen LogP) is 1.65. The Kier molecular flexibility index (Phi) is 6.77. The van der Waals surface area contributed by atoms with E-state index in [9.17, 15) is 13.2 Å². The van der Waals surface area contributed by atoms with Crippen molar-refractivity contribution in [2.75, 3.05) is 44.5 Å². The number of ether oxygens (including phenoxy) is 1. The van der Waals surface area contributed by atoms with Crippen LogP contribution in [0.1, 0.15) is 24.8 Å². The molecule has 0 bridgehead atoms. The fraction of sp³-hybridized carbons (Fsp3) is 0.588. The van der Waals surface area contributed by atoms with Gasteiger partial charge in [0.2, 0.25) is 15.9 Å². The Balaban J connectivity index is 1.99. The van der Waals surface area contributed by atoms with Crippen molar-refractivity contribution < 1.29 is 17.9 Å². The number of nitrogens with zero attached hydrogens (tertiary/aromatic N) is 2. The molecule has 0 atom stereocenters. The molecule has 134 valence electrons. The lowest BCUT2D eigenvalue weighted by Gasteiger charge is -2.30. The highest BCUT2D eigenvalue weighted by Gasteiger charge is 2.24. The summed E-state index contributed by atoms with van der Waals surface area (Å²) < 4.78 is 30.1. The van der Waals surface area contributed by atoms with E-state index in [1.54, 1.807) is 12.0 Å².